The molecule has 106 valence electrons. The average molecular weight is 264 g/mol. The fraction of sp³-hybridized carbons (Fsp3) is 0.667. The van der Waals surface area contributed by atoms with Crippen molar-refractivity contribution in [3.8, 4) is 0 Å². The van der Waals surface area contributed by atoms with Crippen LogP contribution < -0.4 is 5.32 Å². The van der Waals surface area contributed by atoms with Crippen LogP contribution in [0.2, 0.25) is 0 Å². The molecule has 0 saturated carbocycles. The lowest BCUT2D eigenvalue weighted by Crippen LogP contribution is -2.41. The first-order chi connectivity index (χ1) is 8.98. The van der Waals surface area contributed by atoms with Crippen molar-refractivity contribution in [2.75, 3.05) is 19.6 Å². The minimum atomic E-state index is -0.348. The average Bonchev–Trinajstić information content (AvgIpc) is 3.00. The van der Waals surface area contributed by atoms with Gasteiger partial charge in [0.05, 0.1) is 12.3 Å². The van der Waals surface area contributed by atoms with E-state index in [1.54, 1.807) is 6.26 Å². The number of nitrogens with one attached hydrogen (secondary N) is 1. The number of likely N-dealkylation sites (tertiary alicyclic amines) is 1. The molecule has 4 heteroatoms. The Bertz CT molecular complexity index is 400. The summed E-state index contributed by atoms with van der Waals surface area (Å²) in [6.07, 6.45) is 4.15. The topological polar surface area (TPSA) is 45.5 Å². The molecule has 2 rings (SSSR count). The van der Waals surface area contributed by atoms with E-state index in [-0.39, 0.29) is 17.4 Å². The van der Waals surface area contributed by atoms with E-state index in [0.717, 1.165) is 18.8 Å². The first-order valence-electron chi connectivity index (χ1n) is 7.04. The molecule has 1 fully saturated rings. The molecule has 0 radical (unpaired) electrons. The van der Waals surface area contributed by atoms with Crippen LogP contribution in [0, 0.1) is 5.41 Å². The number of furan rings is 1. The van der Waals surface area contributed by atoms with E-state index in [1.165, 1.54) is 12.8 Å². The van der Waals surface area contributed by atoms with Crippen molar-refractivity contribution in [2.45, 2.75) is 39.7 Å². The van der Waals surface area contributed by atoms with Gasteiger partial charge in [0.25, 0.3) is 0 Å². The molecule has 4 nitrogen and oxygen atoms in total. The Morgan fingerprint density at radius 2 is 2.11 bits per heavy atom. The van der Waals surface area contributed by atoms with Crippen molar-refractivity contribution >= 4 is 5.91 Å². The van der Waals surface area contributed by atoms with E-state index >= 15 is 0 Å². The lowest BCUT2D eigenvalue weighted by molar-refractivity contribution is -0.128. The van der Waals surface area contributed by atoms with Gasteiger partial charge in [0.2, 0.25) is 5.91 Å². The minimum absolute atomic E-state index is 0.0863. The van der Waals surface area contributed by atoms with Crippen LogP contribution in [0.3, 0.4) is 0 Å². The predicted octanol–water partition coefficient (Wildman–Crippen LogP) is 2.58. The van der Waals surface area contributed by atoms with E-state index in [9.17, 15) is 4.79 Å². The second-order valence-corrected chi connectivity index (χ2v) is 6.23. The number of hydrogen-bond acceptors (Lipinski definition) is 3. The van der Waals surface area contributed by atoms with Crippen LogP contribution in [0.15, 0.2) is 22.8 Å². The van der Waals surface area contributed by atoms with Crippen LogP contribution in [-0.2, 0) is 4.79 Å². The Kier molecular flexibility index (Phi) is 4.30. The van der Waals surface area contributed by atoms with Gasteiger partial charge in [-0.05, 0) is 38.1 Å². The second kappa shape index (κ2) is 5.78. The number of amides is 1. The second-order valence-electron chi connectivity index (χ2n) is 6.23. The van der Waals surface area contributed by atoms with Crippen LogP contribution in [0.4, 0.5) is 0 Å². The smallest absolute Gasteiger partial charge is 0.225 e. The van der Waals surface area contributed by atoms with Gasteiger partial charge in [0, 0.05) is 12.0 Å². The van der Waals surface area contributed by atoms with E-state index in [1.807, 2.05) is 32.9 Å². The summed E-state index contributed by atoms with van der Waals surface area (Å²) in [6, 6.07) is 4.06. The monoisotopic (exact) mass is 264 g/mol. The van der Waals surface area contributed by atoms with Crippen LogP contribution in [0.25, 0.3) is 0 Å². The molecule has 1 aliphatic heterocycles. The number of hydrogen-bond donors (Lipinski definition) is 1. The first kappa shape index (κ1) is 14.1. The molecule has 0 aromatic carbocycles. The molecule has 0 spiro atoms. The maximum atomic E-state index is 12.0. The summed E-state index contributed by atoms with van der Waals surface area (Å²) in [5.41, 5.74) is -0.348. The minimum Gasteiger partial charge on any atom is -0.468 e. The maximum Gasteiger partial charge on any atom is 0.225 e. The Morgan fingerprint density at radius 1 is 1.42 bits per heavy atom. The van der Waals surface area contributed by atoms with Gasteiger partial charge in [-0.15, -0.1) is 0 Å². The third-order valence-electron chi connectivity index (χ3n) is 3.59. The van der Waals surface area contributed by atoms with Gasteiger partial charge in [-0.2, -0.15) is 0 Å². The van der Waals surface area contributed by atoms with Crippen molar-refractivity contribution in [3.05, 3.63) is 24.2 Å². The predicted molar refractivity (Wildman–Crippen MR) is 74.7 cm³/mol. The van der Waals surface area contributed by atoms with E-state index in [2.05, 4.69) is 10.2 Å². The van der Waals surface area contributed by atoms with Crippen LogP contribution in [-0.4, -0.2) is 30.4 Å². The van der Waals surface area contributed by atoms with Gasteiger partial charge < -0.3 is 9.73 Å². The van der Waals surface area contributed by atoms with Crippen molar-refractivity contribution in [2.24, 2.45) is 5.41 Å². The third-order valence-corrected chi connectivity index (χ3v) is 3.59. The molecule has 0 aliphatic carbocycles. The van der Waals surface area contributed by atoms with E-state index < -0.39 is 0 Å². The molecule has 1 aliphatic rings. The SMILES string of the molecule is CC(C)(C)C(=O)NCC(c1ccco1)N1CCCC1. The highest BCUT2D eigenvalue weighted by molar-refractivity contribution is 5.81. The summed E-state index contributed by atoms with van der Waals surface area (Å²) >= 11 is 0. The molecule has 1 aromatic rings. The van der Waals surface area contributed by atoms with Gasteiger partial charge in [0.15, 0.2) is 0 Å². The molecule has 1 aromatic heterocycles. The highest BCUT2D eigenvalue weighted by Crippen LogP contribution is 2.25. The van der Waals surface area contributed by atoms with Crippen molar-refractivity contribution in [1.82, 2.24) is 10.2 Å². The van der Waals surface area contributed by atoms with Crippen LogP contribution in [0.5, 0.6) is 0 Å². The van der Waals surface area contributed by atoms with Crippen molar-refractivity contribution in [1.29, 1.82) is 0 Å². The highest BCUT2D eigenvalue weighted by Gasteiger charge is 2.28. The Morgan fingerprint density at radius 3 is 2.63 bits per heavy atom. The standard InChI is InChI=1S/C15H24N2O2/c1-15(2,3)14(18)16-11-12(13-7-6-10-19-13)17-8-4-5-9-17/h6-7,10,12H,4-5,8-9,11H2,1-3H3,(H,16,18). The van der Waals surface area contributed by atoms with Gasteiger partial charge in [0.1, 0.15) is 5.76 Å². The van der Waals surface area contributed by atoms with Crippen LogP contribution >= 0.6 is 0 Å². The molecule has 0 bridgehead atoms. The van der Waals surface area contributed by atoms with Crippen molar-refractivity contribution in [3.63, 3.8) is 0 Å². The molecular weight excluding hydrogens is 240 g/mol. The quantitative estimate of drug-likeness (QED) is 0.909. The Balaban J connectivity index is 2.00. The van der Waals surface area contributed by atoms with Crippen LogP contribution in [0.1, 0.15) is 45.4 Å². The number of carbonyl (C=O) groups is 1. The molecule has 2 heterocycles. The molecule has 1 amide bonds. The third kappa shape index (κ3) is 3.60. The van der Waals surface area contributed by atoms with Gasteiger partial charge >= 0.3 is 0 Å². The lowest BCUT2D eigenvalue weighted by Gasteiger charge is -2.27. The van der Waals surface area contributed by atoms with E-state index in [0.29, 0.717) is 6.54 Å². The fourth-order valence-corrected chi connectivity index (χ4v) is 2.40. The summed E-state index contributed by atoms with van der Waals surface area (Å²) in [5.74, 6) is 1.03. The Hall–Kier alpha value is -1.29. The lowest BCUT2D eigenvalue weighted by atomic mass is 9.95. The summed E-state index contributed by atoms with van der Waals surface area (Å²) in [4.78, 5) is 14.4. The molecule has 1 saturated heterocycles. The van der Waals surface area contributed by atoms with Crippen molar-refractivity contribution < 1.29 is 9.21 Å². The fourth-order valence-electron chi connectivity index (χ4n) is 2.40. The zero-order valence-corrected chi connectivity index (χ0v) is 12.1. The molecule has 1 unspecified atom stereocenters. The Labute approximate surface area is 115 Å². The number of rotatable bonds is 4. The first-order valence-corrected chi connectivity index (χ1v) is 7.04. The zero-order valence-electron chi connectivity index (χ0n) is 12.1. The largest absolute Gasteiger partial charge is 0.468 e. The molecule has 1 atom stereocenters. The van der Waals surface area contributed by atoms with Gasteiger partial charge in [-0.3, -0.25) is 9.69 Å². The maximum absolute atomic E-state index is 12.0. The molecule has 19 heavy (non-hydrogen) atoms. The number of carbonyl (C=O) groups excluding carboxylic acids is 1. The van der Waals surface area contributed by atoms with Gasteiger partial charge in [-0.25, -0.2) is 0 Å². The normalized spacial score (nSPS) is 18.5. The number of nitrogens with zero attached hydrogens (tertiary/aromatic N) is 1. The van der Waals surface area contributed by atoms with Gasteiger partial charge in [-0.1, -0.05) is 20.8 Å². The summed E-state index contributed by atoms with van der Waals surface area (Å²) in [5, 5.41) is 3.05. The summed E-state index contributed by atoms with van der Waals surface area (Å²) in [7, 11) is 0. The molecule has 1 N–H and O–H groups in total. The molecular formula is C15H24N2O2. The summed E-state index contributed by atoms with van der Waals surface area (Å²) in [6.45, 7) is 8.57. The van der Waals surface area contributed by atoms with E-state index in [4.69, 9.17) is 4.42 Å². The summed E-state index contributed by atoms with van der Waals surface area (Å²) < 4.78 is 5.53. The highest BCUT2D eigenvalue weighted by atomic mass is 16.3. The zero-order chi connectivity index (χ0) is 13.9.